The summed E-state index contributed by atoms with van der Waals surface area (Å²) in [5.74, 6) is -0.344. The number of hydrogen-bond donors (Lipinski definition) is 2. The van der Waals surface area contributed by atoms with Crippen LogP contribution in [0.5, 0.6) is 0 Å². The van der Waals surface area contributed by atoms with E-state index in [-0.39, 0.29) is 6.42 Å². The third kappa shape index (κ3) is 9.21. The van der Waals surface area contributed by atoms with Crippen LogP contribution in [-0.2, 0) is 4.79 Å². The zero-order valence-electron chi connectivity index (χ0n) is 9.80. The van der Waals surface area contributed by atoms with Crippen molar-refractivity contribution < 1.29 is 9.90 Å². The van der Waals surface area contributed by atoms with E-state index < -0.39 is 5.97 Å². The maximum atomic E-state index is 10.1. The Kier molecular flexibility index (Phi) is 9.32. The summed E-state index contributed by atoms with van der Waals surface area (Å²) >= 11 is 0. The summed E-state index contributed by atoms with van der Waals surface area (Å²) in [6, 6.07) is 12.0. The molecule has 0 saturated heterocycles. The summed E-state index contributed by atoms with van der Waals surface area (Å²) in [6.07, 6.45) is 1.93. The van der Waals surface area contributed by atoms with Gasteiger partial charge in [-0.3, -0.25) is 4.79 Å². The number of carboxylic acids is 1. The molecule has 3 N–H and O–H groups in total. The van der Waals surface area contributed by atoms with Crippen molar-refractivity contribution in [1.82, 2.24) is 0 Å². The van der Waals surface area contributed by atoms with Gasteiger partial charge in [-0.25, -0.2) is 0 Å². The quantitative estimate of drug-likeness (QED) is 0.806. The first kappa shape index (κ1) is 14.6. The fourth-order valence-corrected chi connectivity index (χ4v) is 1.20. The van der Waals surface area contributed by atoms with E-state index in [4.69, 9.17) is 10.8 Å². The highest BCUT2D eigenvalue weighted by Crippen LogP contribution is 2.08. The molecule has 1 aromatic carbocycles. The Bertz CT molecular complexity index is 231. The van der Waals surface area contributed by atoms with Crippen LogP contribution in [0.15, 0.2) is 36.4 Å². The molecule has 0 aliphatic carbocycles. The maximum Gasteiger partial charge on any atom is 0.303 e. The van der Waals surface area contributed by atoms with Crippen LogP contribution in [-0.4, -0.2) is 17.6 Å². The molecule has 1 aromatic rings. The highest BCUT2D eigenvalue weighted by Gasteiger charge is 2.05. The highest BCUT2D eigenvalue weighted by molar-refractivity contribution is 5.66. The predicted octanol–water partition coefficient (Wildman–Crippen LogP) is 2.52. The first-order valence-corrected chi connectivity index (χ1v) is 5.62. The molecule has 0 heterocycles. The number of carbonyl (C=O) groups is 1. The molecule has 90 valence electrons. The summed E-state index contributed by atoms with van der Waals surface area (Å²) in [6.45, 7) is 2.63. The van der Waals surface area contributed by atoms with E-state index >= 15 is 0 Å². The van der Waals surface area contributed by atoms with Crippen LogP contribution in [0, 0.1) is 5.92 Å². The van der Waals surface area contributed by atoms with E-state index in [1.165, 1.54) is 0 Å². The average molecular weight is 223 g/mol. The Morgan fingerprint density at radius 1 is 1.19 bits per heavy atom. The topological polar surface area (TPSA) is 63.3 Å². The molecule has 0 saturated carbocycles. The number of carboxylic acid groups (broad SMARTS) is 1. The van der Waals surface area contributed by atoms with Crippen LogP contribution in [0.25, 0.3) is 0 Å². The van der Waals surface area contributed by atoms with Gasteiger partial charge in [0.1, 0.15) is 0 Å². The molecular weight excluding hydrogens is 202 g/mol. The molecule has 0 aliphatic heterocycles. The van der Waals surface area contributed by atoms with Crippen LogP contribution in [0.4, 0.5) is 0 Å². The summed E-state index contributed by atoms with van der Waals surface area (Å²) in [5, 5.41) is 8.31. The van der Waals surface area contributed by atoms with Gasteiger partial charge in [0, 0.05) is 6.42 Å². The SMILES string of the molecule is CCC(CN)CCC(=O)O.c1ccccc1. The van der Waals surface area contributed by atoms with Gasteiger partial charge >= 0.3 is 5.97 Å². The van der Waals surface area contributed by atoms with Crippen LogP contribution in [0.1, 0.15) is 26.2 Å². The number of rotatable bonds is 5. The zero-order valence-corrected chi connectivity index (χ0v) is 9.80. The summed E-state index contributed by atoms with van der Waals surface area (Å²) in [5.41, 5.74) is 5.38. The van der Waals surface area contributed by atoms with E-state index in [0.717, 1.165) is 6.42 Å². The standard InChI is InChI=1S/C7H15NO2.C6H6/c1-2-6(5-8)3-4-7(9)10;1-2-4-6-5-3-1/h6H,2-5,8H2,1H3,(H,9,10);1-6H. The van der Waals surface area contributed by atoms with Gasteiger partial charge in [-0.05, 0) is 18.9 Å². The second kappa shape index (κ2) is 10.2. The Morgan fingerprint density at radius 2 is 1.62 bits per heavy atom. The number of benzene rings is 1. The van der Waals surface area contributed by atoms with Gasteiger partial charge in [0.2, 0.25) is 0 Å². The van der Waals surface area contributed by atoms with Crippen LogP contribution >= 0.6 is 0 Å². The van der Waals surface area contributed by atoms with Crippen LogP contribution < -0.4 is 5.73 Å². The lowest BCUT2D eigenvalue weighted by molar-refractivity contribution is -0.137. The molecule has 1 unspecified atom stereocenters. The Labute approximate surface area is 97.3 Å². The molecule has 0 bridgehead atoms. The Balaban J connectivity index is 0.000000315. The van der Waals surface area contributed by atoms with E-state index in [0.29, 0.717) is 18.9 Å². The van der Waals surface area contributed by atoms with Crippen molar-refractivity contribution in [2.24, 2.45) is 11.7 Å². The van der Waals surface area contributed by atoms with E-state index in [9.17, 15) is 4.79 Å². The summed E-state index contributed by atoms with van der Waals surface area (Å²) in [7, 11) is 0. The van der Waals surface area contributed by atoms with Gasteiger partial charge < -0.3 is 10.8 Å². The molecule has 0 radical (unpaired) electrons. The van der Waals surface area contributed by atoms with Crippen molar-refractivity contribution in [3.05, 3.63) is 36.4 Å². The fourth-order valence-electron chi connectivity index (χ4n) is 1.20. The van der Waals surface area contributed by atoms with Gasteiger partial charge in [-0.1, -0.05) is 49.7 Å². The number of nitrogens with two attached hydrogens (primary N) is 1. The molecule has 0 aliphatic rings. The Morgan fingerprint density at radius 3 is 1.88 bits per heavy atom. The molecule has 0 fully saturated rings. The molecule has 0 spiro atoms. The van der Waals surface area contributed by atoms with Gasteiger partial charge in [0.25, 0.3) is 0 Å². The molecular formula is C13H21NO2. The van der Waals surface area contributed by atoms with Crippen molar-refractivity contribution >= 4 is 5.97 Å². The molecule has 1 atom stereocenters. The number of aliphatic carboxylic acids is 1. The van der Waals surface area contributed by atoms with E-state index in [1.54, 1.807) is 0 Å². The first-order chi connectivity index (χ1) is 7.70. The minimum Gasteiger partial charge on any atom is -0.481 e. The molecule has 3 nitrogen and oxygen atoms in total. The minimum atomic E-state index is -0.730. The lowest BCUT2D eigenvalue weighted by Gasteiger charge is -2.08. The molecule has 0 amide bonds. The molecule has 0 aromatic heterocycles. The molecule has 16 heavy (non-hydrogen) atoms. The van der Waals surface area contributed by atoms with Crippen molar-refractivity contribution in [1.29, 1.82) is 0 Å². The Hall–Kier alpha value is -1.35. The van der Waals surface area contributed by atoms with Crippen molar-refractivity contribution in [3.63, 3.8) is 0 Å². The van der Waals surface area contributed by atoms with E-state index in [2.05, 4.69) is 0 Å². The van der Waals surface area contributed by atoms with E-state index in [1.807, 2.05) is 43.3 Å². The first-order valence-electron chi connectivity index (χ1n) is 5.62. The largest absolute Gasteiger partial charge is 0.481 e. The van der Waals surface area contributed by atoms with Gasteiger partial charge in [-0.2, -0.15) is 0 Å². The van der Waals surface area contributed by atoms with Crippen molar-refractivity contribution in [2.45, 2.75) is 26.2 Å². The monoisotopic (exact) mass is 223 g/mol. The van der Waals surface area contributed by atoms with Gasteiger partial charge in [0.05, 0.1) is 0 Å². The van der Waals surface area contributed by atoms with Crippen molar-refractivity contribution in [2.75, 3.05) is 6.54 Å². The molecule has 1 rings (SSSR count). The van der Waals surface area contributed by atoms with Crippen LogP contribution in [0.3, 0.4) is 0 Å². The average Bonchev–Trinajstić information content (AvgIpc) is 2.33. The second-order valence-electron chi connectivity index (χ2n) is 3.60. The lowest BCUT2D eigenvalue weighted by atomic mass is 10.0. The highest BCUT2D eigenvalue weighted by atomic mass is 16.4. The fraction of sp³-hybridized carbons (Fsp3) is 0.462. The second-order valence-corrected chi connectivity index (χ2v) is 3.60. The lowest BCUT2D eigenvalue weighted by Crippen LogP contribution is -2.14. The molecule has 3 heteroatoms. The number of hydrogen-bond acceptors (Lipinski definition) is 2. The normalized spacial score (nSPS) is 11.1. The smallest absolute Gasteiger partial charge is 0.303 e. The minimum absolute atomic E-state index is 0.246. The van der Waals surface area contributed by atoms with Crippen molar-refractivity contribution in [3.8, 4) is 0 Å². The third-order valence-corrected chi connectivity index (χ3v) is 2.34. The summed E-state index contributed by atoms with van der Waals surface area (Å²) < 4.78 is 0. The summed E-state index contributed by atoms with van der Waals surface area (Å²) in [4.78, 5) is 10.1. The maximum absolute atomic E-state index is 10.1. The predicted molar refractivity (Wildman–Crippen MR) is 66.1 cm³/mol. The van der Waals surface area contributed by atoms with Gasteiger partial charge in [-0.15, -0.1) is 0 Å². The van der Waals surface area contributed by atoms with Crippen LogP contribution in [0.2, 0.25) is 0 Å². The van der Waals surface area contributed by atoms with Gasteiger partial charge in [0.15, 0.2) is 0 Å². The third-order valence-electron chi connectivity index (χ3n) is 2.34. The zero-order chi connectivity index (χ0) is 12.2.